The lowest BCUT2D eigenvalue weighted by Crippen LogP contribution is -2.52. The van der Waals surface area contributed by atoms with Crippen LogP contribution in [0.15, 0.2) is 96.7 Å². The van der Waals surface area contributed by atoms with Crippen molar-refractivity contribution in [3.8, 4) is 0 Å². The van der Waals surface area contributed by atoms with Gasteiger partial charge >= 0.3 is 6.09 Å². The Labute approximate surface area is 246 Å². The van der Waals surface area contributed by atoms with Gasteiger partial charge in [0.2, 0.25) is 0 Å². The highest BCUT2D eigenvalue weighted by molar-refractivity contribution is 6.07. The molecule has 2 aliphatic rings. The van der Waals surface area contributed by atoms with Crippen LogP contribution in [0.3, 0.4) is 0 Å². The summed E-state index contributed by atoms with van der Waals surface area (Å²) in [6.07, 6.45) is -0.496. The Kier molecular flexibility index (Phi) is 9.06. The molecule has 8 nitrogen and oxygen atoms in total. The number of carbonyl (C=O) groups is 2. The van der Waals surface area contributed by atoms with Gasteiger partial charge in [-0.25, -0.2) is 4.79 Å². The van der Waals surface area contributed by atoms with Crippen molar-refractivity contribution < 1.29 is 29.6 Å². The number of fused-ring (bicyclic) bond motifs is 1. The number of benzene rings is 3. The highest BCUT2D eigenvalue weighted by Crippen LogP contribution is 2.45. The number of aliphatic hydroxyl groups excluding tert-OH is 3. The second-order valence-electron chi connectivity index (χ2n) is 11.1. The molecule has 0 aromatic heterocycles. The van der Waals surface area contributed by atoms with E-state index in [9.17, 15) is 24.9 Å². The summed E-state index contributed by atoms with van der Waals surface area (Å²) >= 11 is 0. The van der Waals surface area contributed by atoms with Crippen molar-refractivity contribution in [3.63, 3.8) is 0 Å². The molecule has 1 aliphatic heterocycles. The highest BCUT2D eigenvalue weighted by Gasteiger charge is 2.51. The van der Waals surface area contributed by atoms with E-state index in [-0.39, 0.29) is 18.8 Å². The molecule has 0 bridgehead atoms. The van der Waals surface area contributed by atoms with E-state index in [1.807, 2.05) is 84.9 Å². The van der Waals surface area contributed by atoms with Crippen molar-refractivity contribution in [1.82, 2.24) is 10.6 Å². The number of nitrogens with one attached hydrogen (secondary N) is 2. The summed E-state index contributed by atoms with van der Waals surface area (Å²) in [5.41, 5.74) is 2.65. The maximum absolute atomic E-state index is 14.4. The summed E-state index contributed by atoms with van der Waals surface area (Å²) in [6, 6.07) is 25.6. The number of ketones is 1. The monoisotopic (exact) mass is 570 g/mol. The molecule has 3 aromatic carbocycles. The molecule has 42 heavy (non-hydrogen) atoms. The normalized spacial score (nSPS) is 23.3. The molecule has 0 saturated heterocycles. The minimum absolute atomic E-state index is 0.0463. The third-order valence-corrected chi connectivity index (χ3v) is 8.44. The lowest BCUT2D eigenvalue weighted by molar-refractivity contribution is -0.122. The van der Waals surface area contributed by atoms with Crippen LogP contribution in [0.1, 0.15) is 47.9 Å². The molecule has 1 heterocycles. The van der Waals surface area contributed by atoms with Crippen LogP contribution in [0, 0.1) is 0 Å². The van der Waals surface area contributed by atoms with E-state index < -0.39 is 41.9 Å². The number of amides is 1. The van der Waals surface area contributed by atoms with Crippen molar-refractivity contribution in [1.29, 1.82) is 0 Å². The first kappa shape index (κ1) is 29.5. The number of hydrogen-bond donors (Lipinski definition) is 5. The van der Waals surface area contributed by atoms with Crippen molar-refractivity contribution in [2.24, 2.45) is 0 Å². The fraction of sp³-hybridized carbons (Fsp3) is 0.353. The summed E-state index contributed by atoms with van der Waals surface area (Å²) < 4.78 is 5.37. The van der Waals surface area contributed by atoms with Gasteiger partial charge in [-0.05, 0) is 41.5 Å². The predicted molar refractivity (Wildman–Crippen MR) is 159 cm³/mol. The quantitative estimate of drug-likeness (QED) is 0.239. The Bertz CT molecular complexity index is 1410. The van der Waals surface area contributed by atoms with E-state index in [4.69, 9.17) is 4.74 Å². The van der Waals surface area contributed by atoms with Crippen LogP contribution < -0.4 is 10.6 Å². The van der Waals surface area contributed by atoms with Crippen molar-refractivity contribution in [2.45, 2.75) is 68.4 Å². The average molecular weight is 571 g/mol. The molecule has 1 amide bonds. The van der Waals surface area contributed by atoms with Gasteiger partial charge < -0.3 is 30.7 Å². The number of Topliss-reactive ketones (excluding diaryl/α,β-unsaturated/α-hetero) is 1. The smallest absolute Gasteiger partial charge is 0.407 e. The summed E-state index contributed by atoms with van der Waals surface area (Å²) in [4.78, 5) is 27.3. The van der Waals surface area contributed by atoms with Gasteiger partial charge in [0.05, 0.1) is 24.9 Å². The Morgan fingerprint density at radius 1 is 1.05 bits per heavy atom. The Hall–Kier alpha value is -3.98. The minimum atomic E-state index is -1.31. The van der Waals surface area contributed by atoms with Crippen LogP contribution in [0.25, 0.3) is 0 Å². The molecule has 5 N–H and O–H groups in total. The topological polar surface area (TPSA) is 128 Å². The summed E-state index contributed by atoms with van der Waals surface area (Å²) in [7, 11) is 0. The predicted octanol–water partition coefficient (Wildman–Crippen LogP) is 3.50. The first-order chi connectivity index (χ1) is 20.4. The molecule has 1 unspecified atom stereocenters. The van der Waals surface area contributed by atoms with Gasteiger partial charge in [0.1, 0.15) is 11.6 Å². The Balaban J connectivity index is 1.45. The van der Waals surface area contributed by atoms with Gasteiger partial charge in [-0.1, -0.05) is 91.9 Å². The van der Waals surface area contributed by atoms with E-state index in [1.54, 1.807) is 13.1 Å². The van der Waals surface area contributed by atoms with E-state index in [0.29, 0.717) is 30.4 Å². The second kappa shape index (κ2) is 12.9. The number of carbonyl (C=O) groups excluding carboxylic acids is 2. The first-order valence-electron chi connectivity index (χ1n) is 14.5. The molecule has 3 aromatic rings. The van der Waals surface area contributed by atoms with Crippen LogP contribution in [0.5, 0.6) is 0 Å². The zero-order valence-corrected chi connectivity index (χ0v) is 23.6. The number of hydrogen-bond acceptors (Lipinski definition) is 7. The standard InChI is InChI=1S/C34H38N2O6/c1-2-25(21-37)42-33(41)36-28(17-22-11-5-3-6-12-22)30(39)19-34(24-14-7-4-8-15-24)32(40)27(20-35-34)31-26-16-10-9-13-23(26)18-29(31)38/h3-16,20,25,28-31,35,37-39H,2,17-19,21H2,1H3,(H,36,41)/t25-,28+,29-,30+,31?,34-/m1/s1. The zero-order chi connectivity index (χ0) is 29.7. The summed E-state index contributed by atoms with van der Waals surface area (Å²) in [6.45, 7) is 1.49. The van der Waals surface area contributed by atoms with Gasteiger partial charge in [-0.3, -0.25) is 4.79 Å². The third-order valence-electron chi connectivity index (χ3n) is 8.44. The first-order valence-corrected chi connectivity index (χ1v) is 14.5. The molecular weight excluding hydrogens is 532 g/mol. The Morgan fingerprint density at radius 3 is 2.40 bits per heavy atom. The molecule has 8 heteroatoms. The van der Waals surface area contributed by atoms with Crippen LogP contribution in [-0.2, 0) is 27.9 Å². The van der Waals surface area contributed by atoms with E-state index >= 15 is 0 Å². The molecule has 1 aliphatic carbocycles. The largest absolute Gasteiger partial charge is 0.444 e. The lowest BCUT2D eigenvalue weighted by Gasteiger charge is -2.35. The molecular formula is C34H38N2O6. The fourth-order valence-corrected chi connectivity index (χ4v) is 6.16. The number of rotatable bonds is 11. The van der Waals surface area contributed by atoms with E-state index in [0.717, 1.165) is 16.7 Å². The van der Waals surface area contributed by atoms with Crippen LogP contribution in [-0.4, -0.2) is 58.2 Å². The van der Waals surface area contributed by atoms with E-state index in [1.165, 1.54) is 0 Å². The summed E-state index contributed by atoms with van der Waals surface area (Å²) in [5, 5.41) is 38.4. The number of alkyl carbamates (subject to hydrolysis) is 1. The lowest BCUT2D eigenvalue weighted by atomic mass is 9.76. The van der Waals surface area contributed by atoms with Gasteiger partial charge in [0.25, 0.3) is 0 Å². The molecule has 220 valence electrons. The number of ether oxygens (including phenoxy) is 1. The fourth-order valence-electron chi connectivity index (χ4n) is 6.16. The molecule has 5 rings (SSSR count). The van der Waals surface area contributed by atoms with Gasteiger partial charge in [0, 0.05) is 24.1 Å². The van der Waals surface area contributed by atoms with Crippen LogP contribution >= 0.6 is 0 Å². The maximum atomic E-state index is 14.4. The van der Waals surface area contributed by atoms with Crippen LogP contribution in [0.2, 0.25) is 0 Å². The minimum Gasteiger partial charge on any atom is -0.444 e. The summed E-state index contributed by atoms with van der Waals surface area (Å²) in [5.74, 6) is -0.706. The zero-order valence-electron chi connectivity index (χ0n) is 23.6. The maximum Gasteiger partial charge on any atom is 0.407 e. The molecule has 0 fully saturated rings. The van der Waals surface area contributed by atoms with Gasteiger partial charge in [-0.15, -0.1) is 0 Å². The van der Waals surface area contributed by atoms with Crippen molar-refractivity contribution >= 4 is 11.9 Å². The number of aliphatic hydroxyl groups is 3. The van der Waals surface area contributed by atoms with Crippen LogP contribution in [0.4, 0.5) is 4.79 Å². The van der Waals surface area contributed by atoms with Crippen molar-refractivity contribution in [3.05, 3.63) is 119 Å². The molecule has 0 spiro atoms. The van der Waals surface area contributed by atoms with E-state index in [2.05, 4.69) is 10.6 Å². The van der Waals surface area contributed by atoms with Gasteiger partial charge in [0.15, 0.2) is 5.78 Å². The average Bonchev–Trinajstić information content (AvgIpc) is 3.51. The van der Waals surface area contributed by atoms with Crippen molar-refractivity contribution in [2.75, 3.05) is 6.61 Å². The highest BCUT2D eigenvalue weighted by atomic mass is 16.6. The third kappa shape index (κ3) is 5.97. The van der Waals surface area contributed by atoms with Gasteiger partial charge in [-0.2, -0.15) is 0 Å². The molecule has 6 atom stereocenters. The second-order valence-corrected chi connectivity index (χ2v) is 11.1. The Morgan fingerprint density at radius 2 is 1.71 bits per heavy atom. The molecule has 0 saturated carbocycles. The molecule has 0 radical (unpaired) electrons. The SMILES string of the molecule is CC[C@H](CO)OC(=O)N[C@@H](Cc1ccccc1)[C@@H](O)C[C@]1(c2ccccc2)NC=C(C2c3ccccc3C[C@H]2O)C1=O.